The number of hydrogen-bond donors (Lipinski definition) is 2. The molecule has 1 aromatic rings. The van der Waals surface area contributed by atoms with Crippen LogP contribution in [0.1, 0.15) is 10.4 Å². The fourth-order valence-electron chi connectivity index (χ4n) is 0.889. The highest BCUT2D eigenvalue weighted by Crippen LogP contribution is 2.31. The molecule has 0 bridgehead atoms. The quantitative estimate of drug-likeness (QED) is 0.569. The topological polar surface area (TPSA) is 106 Å². The zero-order valence-corrected chi connectivity index (χ0v) is 7.49. The smallest absolute Gasteiger partial charge is 0.288 e. The summed E-state index contributed by atoms with van der Waals surface area (Å²) in [6.45, 7) is 0. The lowest BCUT2D eigenvalue weighted by molar-refractivity contribution is -0.384. The van der Waals surface area contributed by atoms with Gasteiger partial charge in [0, 0.05) is 12.1 Å². The van der Waals surface area contributed by atoms with Gasteiger partial charge < -0.3 is 10.8 Å². The predicted octanol–water partition coefficient (Wildman–Crippen LogP) is 1.05. The molecule has 14 heavy (non-hydrogen) atoms. The van der Waals surface area contributed by atoms with Crippen molar-refractivity contribution in [1.82, 2.24) is 0 Å². The van der Waals surface area contributed by atoms with E-state index in [1.807, 2.05) is 0 Å². The Balaban J connectivity index is 3.42. The van der Waals surface area contributed by atoms with Gasteiger partial charge in [-0.2, -0.15) is 0 Å². The number of nitrogens with zero attached hydrogens (tertiary/aromatic N) is 1. The molecule has 0 aliphatic heterocycles. The number of phenols is 1. The number of hydrogen-bond acceptors (Lipinski definition) is 4. The molecule has 1 rings (SSSR count). The van der Waals surface area contributed by atoms with Crippen molar-refractivity contribution in [2.24, 2.45) is 5.73 Å². The summed E-state index contributed by atoms with van der Waals surface area (Å²) in [7, 11) is 0. The molecule has 1 amide bonds. The molecule has 3 N–H and O–H groups in total. The minimum Gasteiger partial charge on any atom is -0.507 e. The minimum absolute atomic E-state index is 0.252. The summed E-state index contributed by atoms with van der Waals surface area (Å²) in [6.07, 6.45) is 0. The summed E-state index contributed by atoms with van der Waals surface area (Å²) in [5, 5.41) is 19.3. The Morgan fingerprint density at radius 3 is 2.57 bits per heavy atom. The van der Waals surface area contributed by atoms with Gasteiger partial charge in [0.15, 0.2) is 0 Å². The second-order valence-electron chi connectivity index (χ2n) is 2.44. The molecule has 1 aromatic carbocycles. The molecular weight excluding hydrogens is 212 g/mol. The molecule has 0 spiro atoms. The maximum atomic E-state index is 10.7. The number of rotatable bonds is 2. The van der Waals surface area contributed by atoms with Crippen LogP contribution in [0.15, 0.2) is 12.1 Å². The number of amides is 1. The van der Waals surface area contributed by atoms with Gasteiger partial charge in [0.2, 0.25) is 0 Å². The van der Waals surface area contributed by atoms with E-state index in [1.165, 1.54) is 0 Å². The van der Waals surface area contributed by atoms with Crippen LogP contribution in [-0.4, -0.2) is 15.9 Å². The van der Waals surface area contributed by atoms with Crippen molar-refractivity contribution in [2.45, 2.75) is 0 Å². The maximum absolute atomic E-state index is 10.7. The average molecular weight is 217 g/mol. The summed E-state index contributed by atoms with van der Waals surface area (Å²) in [5.41, 5.74) is 4.06. The Hall–Kier alpha value is -1.82. The lowest BCUT2D eigenvalue weighted by Gasteiger charge is -2.01. The molecule has 6 nitrogen and oxygen atoms in total. The molecule has 0 fully saturated rings. The number of nitro groups is 1. The van der Waals surface area contributed by atoms with E-state index in [9.17, 15) is 14.9 Å². The van der Waals surface area contributed by atoms with Crippen LogP contribution < -0.4 is 5.73 Å². The van der Waals surface area contributed by atoms with Gasteiger partial charge in [-0.15, -0.1) is 0 Å². The molecule has 0 unspecified atom stereocenters. The van der Waals surface area contributed by atoms with Crippen molar-refractivity contribution < 1.29 is 14.8 Å². The van der Waals surface area contributed by atoms with Crippen molar-refractivity contribution in [2.75, 3.05) is 0 Å². The number of primary amides is 1. The maximum Gasteiger partial charge on any atom is 0.288 e. The number of benzene rings is 1. The molecule has 0 saturated carbocycles. The highest BCUT2D eigenvalue weighted by molar-refractivity contribution is 6.33. The highest BCUT2D eigenvalue weighted by Gasteiger charge is 2.18. The average Bonchev–Trinajstić information content (AvgIpc) is 2.02. The fourth-order valence-corrected chi connectivity index (χ4v) is 1.12. The molecule has 0 radical (unpaired) electrons. The first kappa shape index (κ1) is 10.3. The molecule has 0 heterocycles. The van der Waals surface area contributed by atoms with E-state index in [2.05, 4.69) is 0 Å². The number of nitrogens with two attached hydrogens (primary N) is 1. The van der Waals surface area contributed by atoms with E-state index in [1.54, 1.807) is 0 Å². The molecule has 0 aromatic heterocycles. The number of aromatic hydroxyl groups is 1. The molecule has 7 heteroatoms. The first-order chi connectivity index (χ1) is 6.43. The van der Waals surface area contributed by atoms with E-state index < -0.39 is 22.3 Å². The Labute approximate surface area is 83.0 Å². The third-order valence-electron chi connectivity index (χ3n) is 1.53. The van der Waals surface area contributed by atoms with E-state index in [0.29, 0.717) is 0 Å². The van der Waals surface area contributed by atoms with Crippen LogP contribution in [0.3, 0.4) is 0 Å². The number of nitro benzene ring substituents is 1. The van der Waals surface area contributed by atoms with Crippen LogP contribution in [0, 0.1) is 10.1 Å². The first-order valence-electron chi connectivity index (χ1n) is 3.40. The van der Waals surface area contributed by atoms with E-state index in [4.69, 9.17) is 22.4 Å². The second-order valence-corrected chi connectivity index (χ2v) is 2.85. The zero-order valence-electron chi connectivity index (χ0n) is 6.73. The number of carbonyl (C=O) groups is 1. The summed E-state index contributed by atoms with van der Waals surface area (Å²) in [6, 6.07) is 1.74. The largest absolute Gasteiger partial charge is 0.507 e. The summed E-state index contributed by atoms with van der Waals surface area (Å²) in [5.74, 6) is -1.43. The van der Waals surface area contributed by atoms with Gasteiger partial charge in [-0.3, -0.25) is 14.9 Å². The lowest BCUT2D eigenvalue weighted by Crippen LogP contribution is -2.11. The Bertz CT molecular complexity index is 383. The Kier molecular flexibility index (Phi) is 2.57. The van der Waals surface area contributed by atoms with Crippen LogP contribution in [0.25, 0.3) is 0 Å². The van der Waals surface area contributed by atoms with Crippen LogP contribution >= 0.6 is 11.6 Å². The summed E-state index contributed by atoms with van der Waals surface area (Å²) < 4.78 is 0. The van der Waals surface area contributed by atoms with Gasteiger partial charge >= 0.3 is 0 Å². The van der Waals surface area contributed by atoms with Crippen molar-refractivity contribution in [3.63, 3.8) is 0 Å². The molecule has 0 atom stereocenters. The molecule has 0 aliphatic carbocycles. The van der Waals surface area contributed by atoms with E-state index >= 15 is 0 Å². The second kappa shape index (κ2) is 3.51. The van der Waals surface area contributed by atoms with E-state index in [0.717, 1.165) is 12.1 Å². The van der Waals surface area contributed by atoms with Crippen LogP contribution in [0.2, 0.25) is 5.02 Å². The third kappa shape index (κ3) is 1.74. The predicted molar refractivity (Wildman–Crippen MR) is 48.3 cm³/mol. The summed E-state index contributed by atoms with van der Waals surface area (Å²) in [4.78, 5) is 20.3. The SMILES string of the molecule is NC(=O)c1cc([N+](=O)[O-])c(Cl)cc1O. The Morgan fingerprint density at radius 1 is 1.57 bits per heavy atom. The number of carbonyl (C=O) groups excluding carboxylic acids is 1. The van der Waals surface area contributed by atoms with Crippen molar-refractivity contribution in [1.29, 1.82) is 0 Å². The minimum atomic E-state index is -0.956. The van der Waals surface area contributed by atoms with Crippen LogP contribution in [-0.2, 0) is 0 Å². The molecular formula is C7H5ClN2O4. The van der Waals surface area contributed by atoms with Gasteiger partial charge in [-0.05, 0) is 0 Å². The normalized spacial score (nSPS) is 9.79. The third-order valence-corrected chi connectivity index (χ3v) is 1.83. The molecule has 74 valence electrons. The van der Waals surface area contributed by atoms with Crippen molar-refractivity contribution in [3.05, 3.63) is 32.8 Å². The molecule has 0 saturated heterocycles. The van der Waals surface area contributed by atoms with Crippen LogP contribution in [0.4, 0.5) is 5.69 Å². The van der Waals surface area contributed by atoms with Gasteiger partial charge in [-0.25, -0.2) is 0 Å². The number of halogens is 1. The van der Waals surface area contributed by atoms with Gasteiger partial charge in [0.1, 0.15) is 10.8 Å². The standard InChI is InChI=1S/C7H5ClN2O4/c8-4-2-6(11)3(7(9)12)1-5(4)10(13)14/h1-2,11H,(H2,9,12). The van der Waals surface area contributed by atoms with Gasteiger partial charge in [0.05, 0.1) is 10.5 Å². The van der Waals surface area contributed by atoms with Gasteiger partial charge in [0.25, 0.3) is 11.6 Å². The Morgan fingerprint density at radius 2 is 2.14 bits per heavy atom. The zero-order chi connectivity index (χ0) is 10.9. The lowest BCUT2D eigenvalue weighted by atomic mass is 10.1. The summed E-state index contributed by atoms with van der Waals surface area (Å²) >= 11 is 5.45. The van der Waals surface area contributed by atoms with Crippen LogP contribution in [0.5, 0.6) is 5.75 Å². The van der Waals surface area contributed by atoms with E-state index in [-0.39, 0.29) is 10.6 Å². The van der Waals surface area contributed by atoms with Crippen molar-refractivity contribution >= 4 is 23.2 Å². The van der Waals surface area contributed by atoms with Crippen molar-refractivity contribution in [3.8, 4) is 5.75 Å². The molecule has 0 aliphatic rings. The fraction of sp³-hybridized carbons (Fsp3) is 0. The monoisotopic (exact) mass is 216 g/mol. The highest BCUT2D eigenvalue weighted by atomic mass is 35.5. The first-order valence-corrected chi connectivity index (χ1v) is 3.78. The van der Waals surface area contributed by atoms with Gasteiger partial charge in [-0.1, -0.05) is 11.6 Å².